The lowest BCUT2D eigenvalue weighted by atomic mass is 10.00. The topological polar surface area (TPSA) is 49.4 Å². The van der Waals surface area contributed by atoms with Gasteiger partial charge in [-0.05, 0) is 37.2 Å². The van der Waals surface area contributed by atoms with E-state index in [1.54, 1.807) is 4.90 Å². The smallest absolute Gasteiger partial charge is 0.245 e. The number of hydrogen-bond acceptors (Lipinski definition) is 3. The van der Waals surface area contributed by atoms with Gasteiger partial charge in [0.1, 0.15) is 6.04 Å². The second kappa shape index (κ2) is 7.78. The minimum absolute atomic E-state index is 0.0276. The lowest BCUT2D eigenvalue weighted by molar-refractivity contribution is -0.146. The minimum Gasteiger partial charge on any atom is -0.343 e. The summed E-state index contributed by atoms with van der Waals surface area (Å²) in [5, 5.41) is 2.81. The number of carbonyl (C=O) groups excluding carboxylic acids is 2. The number of amides is 2. The van der Waals surface area contributed by atoms with E-state index in [1.165, 1.54) is 0 Å². The van der Waals surface area contributed by atoms with E-state index in [0.29, 0.717) is 5.92 Å². The van der Waals surface area contributed by atoms with Crippen molar-refractivity contribution in [2.45, 2.75) is 52.6 Å². The van der Waals surface area contributed by atoms with Crippen molar-refractivity contribution in [3.63, 3.8) is 0 Å². The van der Waals surface area contributed by atoms with Crippen molar-refractivity contribution in [2.75, 3.05) is 18.1 Å². The fourth-order valence-corrected chi connectivity index (χ4v) is 3.09. The van der Waals surface area contributed by atoms with Crippen LogP contribution in [0, 0.1) is 5.92 Å². The molecule has 0 bridgehead atoms. The normalized spacial score (nSPS) is 21.7. The molecule has 0 radical (unpaired) electrons. The van der Waals surface area contributed by atoms with Crippen LogP contribution < -0.4 is 5.32 Å². The molecule has 1 aliphatic heterocycles. The van der Waals surface area contributed by atoms with E-state index in [0.717, 1.165) is 24.3 Å². The quantitative estimate of drug-likeness (QED) is 0.727. The van der Waals surface area contributed by atoms with Gasteiger partial charge in [0.15, 0.2) is 0 Å². The van der Waals surface area contributed by atoms with Crippen LogP contribution in [0.2, 0.25) is 0 Å². The Morgan fingerprint density at radius 3 is 2.63 bits per heavy atom. The largest absolute Gasteiger partial charge is 0.343 e. The van der Waals surface area contributed by atoms with Crippen LogP contribution in [0.25, 0.3) is 0 Å². The van der Waals surface area contributed by atoms with Gasteiger partial charge in [-0.25, -0.2) is 0 Å². The fourth-order valence-electron chi connectivity index (χ4n) is 2.29. The molecule has 1 heterocycles. The Labute approximate surface area is 120 Å². The van der Waals surface area contributed by atoms with Gasteiger partial charge in [0.25, 0.3) is 0 Å². The van der Waals surface area contributed by atoms with E-state index in [-0.39, 0.29) is 30.4 Å². The third-order valence-corrected chi connectivity index (χ3v) is 4.29. The number of carbonyl (C=O) groups is 2. The number of thioether (sulfide) groups is 1. The van der Waals surface area contributed by atoms with E-state index < -0.39 is 0 Å². The molecule has 1 fully saturated rings. The molecule has 4 nitrogen and oxygen atoms in total. The van der Waals surface area contributed by atoms with Crippen molar-refractivity contribution in [1.29, 1.82) is 0 Å². The Kier molecular flexibility index (Phi) is 6.69. The number of piperazine rings is 1. The molecule has 2 unspecified atom stereocenters. The summed E-state index contributed by atoms with van der Waals surface area (Å²) < 4.78 is 0. The van der Waals surface area contributed by atoms with Gasteiger partial charge in [-0.1, -0.05) is 20.8 Å². The van der Waals surface area contributed by atoms with E-state index in [9.17, 15) is 9.59 Å². The van der Waals surface area contributed by atoms with Crippen molar-refractivity contribution in [2.24, 2.45) is 5.92 Å². The number of nitrogens with one attached hydrogen (secondary N) is 1. The summed E-state index contributed by atoms with van der Waals surface area (Å²) in [6.45, 7) is 8.53. The summed E-state index contributed by atoms with van der Waals surface area (Å²) >= 11 is 1.88. The van der Waals surface area contributed by atoms with E-state index in [4.69, 9.17) is 0 Å². The molecule has 1 N–H and O–H groups in total. The van der Waals surface area contributed by atoms with Gasteiger partial charge >= 0.3 is 0 Å². The Morgan fingerprint density at radius 2 is 2.05 bits per heavy atom. The van der Waals surface area contributed by atoms with Gasteiger partial charge in [0.2, 0.25) is 11.8 Å². The van der Waals surface area contributed by atoms with Gasteiger partial charge in [0, 0.05) is 6.04 Å². The molecule has 2 amide bonds. The highest BCUT2D eigenvalue weighted by molar-refractivity contribution is 7.99. The molecule has 2 atom stereocenters. The van der Waals surface area contributed by atoms with Gasteiger partial charge in [-0.3, -0.25) is 9.59 Å². The second-order valence-electron chi connectivity index (χ2n) is 5.55. The van der Waals surface area contributed by atoms with Crippen molar-refractivity contribution in [3.8, 4) is 0 Å². The maximum atomic E-state index is 12.4. The van der Waals surface area contributed by atoms with Crippen LogP contribution in [0.3, 0.4) is 0 Å². The van der Waals surface area contributed by atoms with Gasteiger partial charge < -0.3 is 10.2 Å². The molecule has 0 spiro atoms. The second-order valence-corrected chi connectivity index (χ2v) is 6.94. The lowest BCUT2D eigenvalue weighted by Gasteiger charge is -2.37. The highest BCUT2D eigenvalue weighted by Crippen LogP contribution is 2.16. The highest BCUT2D eigenvalue weighted by atomic mass is 32.2. The molecular weight excluding hydrogens is 260 g/mol. The third-order valence-electron chi connectivity index (χ3n) is 3.35. The number of rotatable bonds is 7. The first-order valence-corrected chi connectivity index (χ1v) is 8.28. The first kappa shape index (κ1) is 16.3. The van der Waals surface area contributed by atoms with E-state index in [2.05, 4.69) is 26.1 Å². The first-order chi connectivity index (χ1) is 8.95. The molecule has 0 aromatic carbocycles. The molecular formula is C14H26N2O2S. The van der Waals surface area contributed by atoms with E-state index >= 15 is 0 Å². The summed E-state index contributed by atoms with van der Waals surface area (Å²) in [5.74, 6) is 2.59. The molecule has 5 heteroatoms. The molecule has 0 aliphatic carbocycles. The van der Waals surface area contributed by atoms with Gasteiger partial charge in [0.05, 0.1) is 6.54 Å². The molecule has 1 saturated heterocycles. The Hall–Kier alpha value is -0.710. The zero-order chi connectivity index (χ0) is 14.4. The van der Waals surface area contributed by atoms with Crippen molar-refractivity contribution < 1.29 is 9.59 Å². The van der Waals surface area contributed by atoms with Crippen LogP contribution in [0.15, 0.2) is 0 Å². The molecule has 0 aromatic rings. The maximum absolute atomic E-state index is 12.4. The molecule has 0 aromatic heterocycles. The molecule has 1 aliphatic rings. The van der Waals surface area contributed by atoms with Crippen LogP contribution in [-0.2, 0) is 9.59 Å². The average molecular weight is 286 g/mol. The number of hydrogen-bond donors (Lipinski definition) is 1. The summed E-state index contributed by atoms with van der Waals surface area (Å²) in [5.41, 5.74) is 0. The predicted octanol–water partition coefficient (Wildman–Crippen LogP) is 1.89. The summed E-state index contributed by atoms with van der Waals surface area (Å²) in [6.07, 6.45) is 1.67. The zero-order valence-electron chi connectivity index (χ0n) is 12.4. The minimum atomic E-state index is -0.331. The predicted molar refractivity (Wildman–Crippen MR) is 80.2 cm³/mol. The first-order valence-electron chi connectivity index (χ1n) is 7.13. The van der Waals surface area contributed by atoms with Gasteiger partial charge in [-0.2, -0.15) is 11.8 Å². The number of nitrogens with zero attached hydrogens (tertiary/aromatic N) is 1. The van der Waals surface area contributed by atoms with Crippen LogP contribution in [-0.4, -0.2) is 46.8 Å². The highest BCUT2D eigenvalue weighted by Gasteiger charge is 2.34. The Bertz CT molecular complexity index is 321. The fraction of sp³-hybridized carbons (Fsp3) is 0.857. The molecule has 110 valence electrons. The third kappa shape index (κ3) is 5.05. The van der Waals surface area contributed by atoms with Gasteiger partial charge in [-0.15, -0.1) is 0 Å². The van der Waals surface area contributed by atoms with Crippen molar-refractivity contribution in [1.82, 2.24) is 10.2 Å². The van der Waals surface area contributed by atoms with Crippen LogP contribution >= 0.6 is 11.8 Å². The van der Waals surface area contributed by atoms with E-state index in [1.807, 2.05) is 18.7 Å². The summed E-state index contributed by atoms with van der Waals surface area (Å²) in [4.78, 5) is 25.9. The Balaban J connectivity index is 2.60. The summed E-state index contributed by atoms with van der Waals surface area (Å²) in [6, 6.07) is -0.185. The lowest BCUT2D eigenvalue weighted by Crippen LogP contribution is -2.60. The molecule has 1 rings (SSSR count). The molecule has 19 heavy (non-hydrogen) atoms. The van der Waals surface area contributed by atoms with Crippen LogP contribution in [0.1, 0.15) is 40.5 Å². The average Bonchev–Trinajstić information content (AvgIpc) is 2.32. The Morgan fingerprint density at radius 1 is 1.37 bits per heavy atom. The zero-order valence-corrected chi connectivity index (χ0v) is 13.3. The van der Waals surface area contributed by atoms with Crippen molar-refractivity contribution >= 4 is 23.6 Å². The monoisotopic (exact) mass is 286 g/mol. The standard InChI is InChI=1S/C14H26N2O2S/c1-5-19-7-6-11(4)16-9-13(17)15-12(14(16)18)8-10(2)3/h10-12H,5-9H2,1-4H3,(H,15,17). The van der Waals surface area contributed by atoms with Crippen molar-refractivity contribution in [3.05, 3.63) is 0 Å². The summed E-state index contributed by atoms with van der Waals surface area (Å²) in [7, 11) is 0. The van der Waals surface area contributed by atoms with Crippen LogP contribution in [0.4, 0.5) is 0 Å². The SMILES string of the molecule is CCSCCC(C)N1CC(=O)NC(CC(C)C)C1=O. The maximum Gasteiger partial charge on any atom is 0.245 e. The van der Waals surface area contributed by atoms with Crippen LogP contribution in [0.5, 0.6) is 0 Å². The molecule has 0 saturated carbocycles.